The number of hydrogen-bond acceptors (Lipinski definition) is 3. The highest BCUT2D eigenvalue weighted by Crippen LogP contribution is 2.22. The average Bonchev–Trinajstić information content (AvgIpc) is 2.59. The summed E-state index contributed by atoms with van der Waals surface area (Å²) in [7, 11) is -2.66. The van der Waals surface area contributed by atoms with Gasteiger partial charge in [0.15, 0.2) is 0 Å². The molecule has 0 radical (unpaired) electrons. The zero-order valence-corrected chi connectivity index (χ0v) is 16.5. The first-order valence-corrected chi connectivity index (χ1v) is 10.00. The molecule has 0 fully saturated rings. The lowest BCUT2D eigenvalue weighted by atomic mass is 9.99. The summed E-state index contributed by atoms with van der Waals surface area (Å²) in [6.45, 7) is 4.14. The predicted octanol–water partition coefficient (Wildman–Crippen LogP) is 3.78. The van der Waals surface area contributed by atoms with Gasteiger partial charge in [-0.25, -0.2) is 8.42 Å². The van der Waals surface area contributed by atoms with Crippen molar-refractivity contribution in [1.82, 2.24) is 4.31 Å². The summed E-state index contributed by atoms with van der Waals surface area (Å²) in [5.41, 5.74) is 1.91. The van der Waals surface area contributed by atoms with Gasteiger partial charge in [0.25, 0.3) is 0 Å². The highest BCUT2D eigenvalue weighted by atomic mass is 35.5. The Bertz CT molecular complexity index is 861. The minimum atomic E-state index is -3.95. The van der Waals surface area contributed by atoms with Crippen LogP contribution in [0.4, 0.5) is 0 Å². The molecule has 0 aliphatic carbocycles. The zero-order chi connectivity index (χ0) is 19.5. The zero-order valence-electron chi connectivity index (χ0n) is 14.9. The summed E-state index contributed by atoms with van der Waals surface area (Å²) in [5, 5.41) is 9.98. The van der Waals surface area contributed by atoms with Crippen molar-refractivity contribution in [3.63, 3.8) is 0 Å². The molecule has 0 amide bonds. The molecule has 2 aromatic rings. The Morgan fingerprint density at radius 2 is 1.62 bits per heavy atom. The molecule has 1 N–H and O–H groups in total. The summed E-state index contributed by atoms with van der Waals surface area (Å²) >= 11 is 5.79. The van der Waals surface area contributed by atoms with E-state index in [2.05, 4.69) is 13.8 Å². The molecule has 5 nitrogen and oxygen atoms in total. The number of carbonyl (C=O) groups is 1. The van der Waals surface area contributed by atoms with E-state index in [0.29, 0.717) is 10.9 Å². The number of benzene rings is 2. The lowest BCUT2D eigenvalue weighted by molar-refractivity contribution is -0.141. The SMILES string of the molecule is CC(C)c1ccc(CC(C(=O)O)N(C)S(=O)(=O)c2ccc(Cl)cc2)cc1. The first kappa shape index (κ1) is 20.4. The van der Waals surface area contributed by atoms with Crippen molar-refractivity contribution in [1.29, 1.82) is 0 Å². The van der Waals surface area contributed by atoms with E-state index in [1.807, 2.05) is 24.3 Å². The van der Waals surface area contributed by atoms with E-state index in [9.17, 15) is 18.3 Å². The molecule has 0 saturated carbocycles. The highest BCUT2D eigenvalue weighted by molar-refractivity contribution is 7.89. The number of halogens is 1. The minimum Gasteiger partial charge on any atom is -0.480 e. The number of rotatable bonds is 7. The number of nitrogens with zero attached hydrogens (tertiary/aromatic N) is 1. The largest absolute Gasteiger partial charge is 0.480 e. The van der Waals surface area contributed by atoms with E-state index in [4.69, 9.17) is 11.6 Å². The maximum absolute atomic E-state index is 12.7. The summed E-state index contributed by atoms with van der Waals surface area (Å²) in [6, 6.07) is 12.0. The summed E-state index contributed by atoms with van der Waals surface area (Å²) in [6.07, 6.45) is 0.0804. The van der Waals surface area contributed by atoms with Gasteiger partial charge in [0.2, 0.25) is 10.0 Å². The molecule has 2 rings (SSSR count). The van der Waals surface area contributed by atoms with Crippen molar-refractivity contribution in [2.75, 3.05) is 7.05 Å². The smallest absolute Gasteiger partial charge is 0.322 e. The van der Waals surface area contributed by atoms with Gasteiger partial charge in [-0.05, 0) is 47.7 Å². The van der Waals surface area contributed by atoms with Crippen molar-refractivity contribution < 1.29 is 18.3 Å². The number of aliphatic carboxylic acids is 1. The van der Waals surface area contributed by atoms with Crippen LogP contribution in [0, 0.1) is 0 Å². The van der Waals surface area contributed by atoms with E-state index < -0.39 is 22.0 Å². The van der Waals surface area contributed by atoms with E-state index in [-0.39, 0.29) is 11.3 Å². The Kier molecular flexibility index (Phi) is 6.44. The van der Waals surface area contributed by atoms with Crippen molar-refractivity contribution in [2.45, 2.75) is 37.1 Å². The summed E-state index contributed by atoms with van der Waals surface area (Å²) in [4.78, 5) is 11.7. The molecule has 140 valence electrons. The third-order valence-electron chi connectivity index (χ3n) is 4.29. The Balaban J connectivity index is 2.28. The molecule has 26 heavy (non-hydrogen) atoms. The second-order valence-corrected chi connectivity index (χ2v) is 8.86. The van der Waals surface area contributed by atoms with Crippen LogP contribution in [0.2, 0.25) is 5.02 Å². The molecule has 0 saturated heterocycles. The van der Waals surface area contributed by atoms with Crippen LogP contribution >= 0.6 is 11.6 Å². The molecule has 0 heterocycles. The maximum Gasteiger partial charge on any atom is 0.322 e. The number of hydrogen-bond donors (Lipinski definition) is 1. The molecule has 1 atom stereocenters. The normalized spacial score (nSPS) is 13.2. The first-order chi connectivity index (χ1) is 12.1. The highest BCUT2D eigenvalue weighted by Gasteiger charge is 2.33. The molecular weight excluding hydrogens is 374 g/mol. The first-order valence-electron chi connectivity index (χ1n) is 8.18. The Morgan fingerprint density at radius 1 is 1.08 bits per heavy atom. The molecule has 1 unspecified atom stereocenters. The number of likely N-dealkylation sites (N-methyl/N-ethyl adjacent to an activating group) is 1. The van der Waals surface area contributed by atoms with Gasteiger partial charge in [-0.2, -0.15) is 4.31 Å². The van der Waals surface area contributed by atoms with E-state index in [0.717, 1.165) is 15.4 Å². The number of carboxylic acids is 1. The monoisotopic (exact) mass is 395 g/mol. The second-order valence-electron chi connectivity index (χ2n) is 6.43. The Morgan fingerprint density at radius 3 is 2.08 bits per heavy atom. The second kappa shape index (κ2) is 8.20. The van der Waals surface area contributed by atoms with E-state index >= 15 is 0 Å². The van der Waals surface area contributed by atoms with Gasteiger partial charge >= 0.3 is 5.97 Å². The van der Waals surface area contributed by atoms with Gasteiger partial charge in [0.1, 0.15) is 6.04 Å². The molecular formula is C19H22ClNO4S. The molecule has 0 aliphatic heterocycles. The van der Waals surface area contributed by atoms with Gasteiger partial charge < -0.3 is 5.11 Å². The third-order valence-corrected chi connectivity index (χ3v) is 6.42. The molecule has 0 aliphatic rings. The van der Waals surface area contributed by atoms with E-state index in [1.54, 1.807) is 0 Å². The van der Waals surface area contributed by atoms with E-state index in [1.165, 1.54) is 31.3 Å². The van der Waals surface area contributed by atoms with Crippen LogP contribution in [0.15, 0.2) is 53.4 Å². The maximum atomic E-state index is 12.7. The van der Waals surface area contributed by atoms with Gasteiger partial charge in [-0.1, -0.05) is 49.7 Å². The Labute approximate surface area is 159 Å². The van der Waals surface area contributed by atoms with Crippen molar-refractivity contribution in [2.24, 2.45) is 0 Å². The van der Waals surface area contributed by atoms with Gasteiger partial charge in [-0.15, -0.1) is 0 Å². The lowest BCUT2D eigenvalue weighted by Gasteiger charge is -2.24. The molecule has 2 aromatic carbocycles. The fourth-order valence-electron chi connectivity index (χ4n) is 2.57. The van der Waals surface area contributed by atoms with Crippen LogP contribution in [0.1, 0.15) is 30.9 Å². The standard InChI is InChI=1S/C19H22ClNO4S/c1-13(2)15-6-4-14(5-7-15)12-18(19(22)23)21(3)26(24,25)17-10-8-16(20)9-11-17/h4-11,13,18H,12H2,1-3H3,(H,22,23). The lowest BCUT2D eigenvalue weighted by Crippen LogP contribution is -2.43. The Hall–Kier alpha value is -1.89. The minimum absolute atomic E-state index is 0.00538. The van der Waals surface area contributed by atoms with Gasteiger partial charge in [0.05, 0.1) is 4.90 Å². The molecule has 0 bridgehead atoms. The molecule has 0 spiro atoms. The van der Waals surface area contributed by atoms with Crippen LogP contribution in [-0.4, -0.2) is 36.9 Å². The third kappa shape index (κ3) is 4.63. The summed E-state index contributed by atoms with van der Waals surface area (Å²) in [5.74, 6) is -0.828. The van der Waals surface area contributed by atoms with Crippen LogP contribution in [-0.2, 0) is 21.2 Å². The molecule has 0 aromatic heterocycles. The quantitative estimate of drug-likeness (QED) is 0.774. The van der Waals surface area contributed by atoms with Crippen molar-refractivity contribution in [3.8, 4) is 0 Å². The predicted molar refractivity (Wildman–Crippen MR) is 102 cm³/mol. The average molecular weight is 396 g/mol. The fraction of sp³-hybridized carbons (Fsp3) is 0.316. The molecule has 7 heteroatoms. The van der Waals surface area contributed by atoms with Gasteiger partial charge in [-0.3, -0.25) is 4.79 Å². The van der Waals surface area contributed by atoms with Crippen molar-refractivity contribution >= 4 is 27.6 Å². The van der Waals surface area contributed by atoms with Crippen LogP contribution < -0.4 is 0 Å². The topological polar surface area (TPSA) is 74.7 Å². The number of carboxylic acid groups (broad SMARTS) is 1. The fourth-order valence-corrected chi connectivity index (χ4v) is 4.01. The van der Waals surface area contributed by atoms with Gasteiger partial charge in [0, 0.05) is 12.1 Å². The van der Waals surface area contributed by atoms with Crippen LogP contribution in [0.25, 0.3) is 0 Å². The number of sulfonamides is 1. The van der Waals surface area contributed by atoms with Crippen LogP contribution in [0.5, 0.6) is 0 Å². The summed E-state index contributed by atoms with van der Waals surface area (Å²) < 4.78 is 26.4. The van der Waals surface area contributed by atoms with Crippen molar-refractivity contribution in [3.05, 3.63) is 64.7 Å². The van der Waals surface area contributed by atoms with Crippen LogP contribution in [0.3, 0.4) is 0 Å².